The summed E-state index contributed by atoms with van der Waals surface area (Å²) in [6, 6.07) is 0. The first kappa shape index (κ1) is 23.2. The third-order valence-electron chi connectivity index (χ3n) is 7.07. The summed E-state index contributed by atoms with van der Waals surface area (Å²) in [5.74, 6) is 0. The van der Waals surface area contributed by atoms with E-state index in [2.05, 4.69) is 26.0 Å². The molecule has 3 atom stereocenters. The van der Waals surface area contributed by atoms with Crippen LogP contribution >= 0.6 is 0 Å². The predicted molar refractivity (Wildman–Crippen MR) is 123 cm³/mol. The molecule has 1 saturated carbocycles. The van der Waals surface area contributed by atoms with Gasteiger partial charge in [0.2, 0.25) is 0 Å². The van der Waals surface area contributed by atoms with Crippen molar-refractivity contribution in [2.45, 2.75) is 121 Å². The highest BCUT2D eigenvalue weighted by molar-refractivity contribution is 6.77. The first-order valence-electron chi connectivity index (χ1n) is 12.5. The van der Waals surface area contributed by atoms with Crippen LogP contribution in [0.25, 0.3) is 0 Å². The molecule has 0 spiro atoms. The summed E-state index contributed by atoms with van der Waals surface area (Å²) in [5.41, 5.74) is 1.99. The van der Waals surface area contributed by atoms with Crippen LogP contribution < -0.4 is 0 Å². The van der Waals surface area contributed by atoms with Crippen LogP contribution in [0.15, 0.2) is 22.9 Å². The molecule has 2 aliphatic heterocycles. The lowest BCUT2D eigenvalue weighted by Crippen LogP contribution is -2.54. The molecule has 0 amide bonds. The fourth-order valence-corrected chi connectivity index (χ4v) is 10.2. The molecule has 0 bridgehead atoms. The van der Waals surface area contributed by atoms with Gasteiger partial charge in [-0.1, -0.05) is 77.4 Å². The number of rotatable bonds is 11. The SMILES string of the molecule is CCCCC[C@@H]1CC=C(COC)C2=CC[C@@H](CCCCC)O[Si]2(C2CCCC2)O1. The summed E-state index contributed by atoms with van der Waals surface area (Å²) in [4.78, 5) is 0. The van der Waals surface area contributed by atoms with Gasteiger partial charge in [-0.3, -0.25) is 0 Å². The Balaban J connectivity index is 1.88. The number of fused-ring (bicyclic) bond motifs is 1. The van der Waals surface area contributed by atoms with E-state index in [1.807, 2.05) is 7.11 Å². The Morgan fingerprint density at radius 1 is 0.897 bits per heavy atom. The van der Waals surface area contributed by atoms with Crippen LogP contribution in [-0.4, -0.2) is 34.5 Å². The number of hydrogen-bond acceptors (Lipinski definition) is 3. The highest BCUT2D eigenvalue weighted by Crippen LogP contribution is 2.50. The van der Waals surface area contributed by atoms with Crippen LogP contribution in [0.3, 0.4) is 0 Å². The second-order valence-electron chi connectivity index (χ2n) is 9.37. The summed E-state index contributed by atoms with van der Waals surface area (Å²) in [6.45, 7) is 5.26. The number of hydrogen-bond donors (Lipinski definition) is 0. The fourth-order valence-electron chi connectivity index (χ4n) is 5.48. The molecular weight excluding hydrogens is 376 g/mol. The van der Waals surface area contributed by atoms with Gasteiger partial charge in [0.25, 0.3) is 0 Å². The molecule has 1 unspecified atom stereocenters. The second kappa shape index (κ2) is 11.8. The van der Waals surface area contributed by atoms with E-state index in [-0.39, 0.29) is 0 Å². The highest BCUT2D eigenvalue weighted by atomic mass is 28.4. The summed E-state index contributed by atoms with van der Waals surface area (Å²) >= 11 is 0. The van der Waals surface area contributed by atoms with Crippen molar-refractivity contribution < 1.29 is 13.6 Å². The van der Waals surface area contributed by atoms with Crippen molar-refractivity contribution in [3.8, 4) is 0 Å². The van der Waals surface area contributed by atoms with Gasteiger partial charge in [0.05, 0.1) is 18.8 Å². The average molecular weight is 421 g/mol. The van der Waals surface area contributed by atoms with E-state index in [1.54, 1.807) is 0 Å². The van der Waals surface area contributed by atoms with E-state index in [4.69, 9.17) is 13.6 Å². The first-order valence-corrected chi connectivity index (χ1v) is 14.4. The molecule has 0 radical (unpaired) electrons. The van der Waals surface area contributed by atoms with Crippen molar-refractivity contribution in [2.75, 3.05) is 13.7 Å². The topological polar surface area (TPSA) is 27.7 Å². The van der Waals surface area contributed by atoms with Crippen molar-refractivity contribution in [1.82, 2.24) is 0 Å². The summed E-state index contributed by atoms with van der Waals surface area (Å²) < 4.78 is 20.0. The Bertz CT molecular complexity index is 552. The van der Waals surface area contributed by atoms with Crippen LogP contribution in [0.2, 0.25) is 5.54 Å². The third kappa shape index (κ3) is 5.84. The molecule has 166 valence electrons. The molecule has 0 aromatic heterocycles. The molecule has 0 N–H and O–H groups in total. The highest BCUT2D eigenvalue weighted by Gasteiger charge is 2.55. The van der Waals surface area contributed by atoms with E-state index >= 15 is 0 Å². The molecule has 1 aliphatic carbocycles. The molecule has 3 rings (SSSR count). The van der Waals surface area contributed by atoms with E-state index in [9.17, 15) is 0 Å². The minimum atomic E-state index is -2.45. The third-order valence-corrected chi connectivity index (χ3v) is 11.4. The maximum absolute atomic E-state index is 7.19. The first-order chi connectivity index (χ1) is 14.2. The lowest BCUT2D eigenvalue weighted by Gasteiger charge is -2.44. The Morgan fingerprint density at radius 2 is 1.48 bits per heavy atom. The molecule has 3 aliphatic rings. The smallest absolute Gasteiger partial charge is 0.376 e. The molecule has 0 saturated heterocycles. The van der Waals surface area contributed by atoms with Crippen molar-refractivity contribution in [3.63, 3.8) is 0 Å². The van der Waals surface area contributed by atoms with Crippen molar-refractivity contribution in [3.05, 3.63) is 22.9 Å². The van der Waals surface area contributed by atoms with Crippen LogP contribution in [0.5, 0.6) is 0 Å². The van der Waals surface area contributed by atoms with Gasteiger partial charge in [0.15, 0.2) is 0 Å². The van der Waals surface area contributed by atoms with Crippen LogP contribution in [0.1, 0.15) is 104 Å². The van der Waals surface area contributed by atoms with E-state index < -0.39 is 8.56 Å². The van der Waals surface area contributed by atoms with Gasteiger partial charge < -0.3 is 13.6 Å². The van der Waals surface area contributed by atoms with E-state index in [0.29, 0.717) is 24.4 Å². The van der Waals surface area contributed by atoms with Gasteiger partial charge in [0.1, 0.15) is 0 Å². The molecule has 29 heavy (non-hydrogen) atoms. The maximum atomic E-state index is 7.19. The fraction of sp³-hybridized carbons (Fsp3) is 0.840. The Labute approximate surface area is 180 Å². The van der Waals surface area contributed by atoms with Gasteiger partial charge in [-0.25, -0.2) is 0 Å². The van der Waals surface area contributed by atoms with Crippen molar-refractivity contribution in [1.29, 1.82) is 0 Å². The van der Waals surface area contributed by atoms with E-state index in [0.717, 1.165) is 12.8 Å². The average Bonchev–Trinajstić information content (AvgIpc) is 3.22. The van der Waals surface area contributed by atoms with Gasteiger partial charge in [0, 0.05) is 12.7 Å². The van der Waals surface area contributed by atoms with E-state index in [1.165, 1.54) is 87.8 Å². The van der Waals surface area contributed by atoms with Crippen LogP contribution in [0.4, 0.5) is 0 Å². The lowest BCUT2D eigenvalue weighted by molar-refractivity contribution is 0.0650. The molecule has 1 fully saturated rings. The molecule has 2 heterocycles. The maximum Gasteiger partial charge on any atom is 0.376 e. The molecule has 0 aromatic rings. The summed E-state index contributed by atoms with van der Waals surface area (Å²) in [7, 11) is -0.629. The minimum absolute atomic E-state index is 0.320. The van der Waals surface area contributed by atoms with Gasteiger partial charge in [-0.05, 0) is 49.3 Å². The van der Waals surface area contributed by atoms with Crippen molar-refractivity contribution >= 4 is 8.56 Å². The number of unbranched alkanes of at least 4 members (excludes halogenated alkanes) is 4. The Hall–Kier alpha value is -0.423. The second-order valence-corrected chi connectivity index (χ2v) is 12.5. The standard InChI is InChI=1S/C25H44O3Si/c1-4-6-8-12-22-17-16-21(20-26-3)25-19-18-23(13-9-7-5-2)28-29(25,27-22)24-14-10-11-15-24/h16,19,22-24H,4-15,17-18,20H2,1-3H3/t22-,23-,29?/m1/s1. The number of methoxy groups -OCH3 is 1. The zero-order valence-electron chi connectivity index (χ0n) is 19.2. The molecule has 0 aromatic carbocycles. The lowest BCUT2D eigenvalue weighted by atomic mass is 10.0. The normalized spacial score (nSPS) is 30.6. The predicted octanol–water partition coefficient (Wildman–Crippen LogP) is 7.15. The monoisotopic (exact) mass is 420 g/mol. The largest absolute Gasteiger partial charge is 0.387 e. The van der Waals surface area contributed by atoms with Crippen LogP contribution in [-0.2, 0) is 13.6 Å². The van der Waals surface area contributed by atoms with Gasteiger partial charge in [-0.15, -0.1) is 0 Å². The zero-order chi connectivity index (χ0) is 20.5. The van der Waals surface area contributed by atoms with Crippen LogP contribution in [0, 0.1) is 0 Å². The minimum Gasteiger partial charge on any atom is -0.387 e. The Morgan fingerprint density at radius 3 is 2.03 bits per heavy atom. The summed E-state index contributed by atoms with van der Waals surface area (Å²) in [5, 5.41) is 1.44. The molecule has 3 nitrogen and oxygen atoms in total. The molecule has 4 heteroatoms. The van der Waals surface area contributed by atoms with Gasteiger partial charge >= 0.3 is 8.56 Å². The van der Waals surface area contributed by atoms with Crippen molar-refractivity contribution in [2.24, 2.45) is 0 Å². The molecular formula is C25H44O3Si. The Kier molecular flexibility index (Phi) is 9.48. The number of ether oxygens (including phenoxy) is 1. The zero-order valence-corrected chi connectivity index (χ0v) is 20.2. The van der Waals surface area contributed by atoms with Gasteiger partial charge in [-0.2, -0.15) is 0 Å². The summed E-state index contributed by atoms with van der Waals surface area (Å²) in [6.07, 6.45) is 23.0. The quantitative estimate of drug-likeness (QED) is 0.262.